The fourth-order valence-corrected chi connectivity index (χ4v) is 1.75. The minimum Gasteiger partial charge on any atom is -0.298 e. The number of aldehydes is 1. The van der Waals surface area contributed by atoms with Crippen molar-refractivity contribution in [3.05, 3.63) is 53.1 Å². The van der Waals surface area contributed by atoms with Gasteiger partial charge in [-0.2, -0.15) is 0 Å². The Balaban J connectivity index is 0.00000103. The lowest BCUT2D eigenvalue weighted by Crippen LogP contribution is -2.00. The summed E-state index contributed by atoms with van der Waals surface area (Å²) in [5, 5.41) is 0. The highest BCUT2D eigenvalue weighted by atomic mass is 19.1. The largest absolute Gasteiger partial charge is 0.298 e. The molecule has 1 aliphatic rings. The van der Waals surface area contributed by atoms with Crippen LogP contribution in [0.25, 0.3) is 0 Å². The Morgan fingerprint density at radius 3 is 2.79 bits per heavy atom. The van der Waals surface area contributed by atoms with E-state index in [0.717, 1.165) is 18.3 Å². The predicted molar refractivity (Wildman–Crippen MR) is 77.9 cm³/mol. The molecule has 0 aliphatic heterocycles. The van der Waals surface area contributed by atoms with Crippen LogP contribution < -0.4 is 0 Å². The number of hydrogen-bond donors (Lipinski definition) is 0. The van der Waals surface area contributed by atoms with E-state index in [1.807, 2.05) is 19.9 Å². The quantitative estimate of drug-likeness (QED) is 0.741. The zero-order valence-corrected chi connectivity index (χ0v) is 10.8. The van der Waals surface area contributed by atoms with Crippen LogP contribution in [0.5, 0.6) is 0 Å². The fourth-order valence-electron chi connectivity index (χ4n) is 1.75. The zero-order chi connectivity index (χ0) is 13.4. The van der Waals surface area contributed by atoms with Crippen molar-refractivity contribution in [2.75, 3.05) is 0 Å². The average molecular weight is 263 g/mol. The zero-order valence-electron chi connectivity index (χ0n) is 10.8. The first-order valence-electron chi connectivity index (χ1n) is 6.24. The molecular formula is C16H22FNO. The SMILES string of the molecule is C.CC.O=Cc1cccnc1CC1=CCCC(F)=C1. The molecule has 0 amide bonds. The van der Waals surface area contributed by atoms with Crippen LogP contribution in [0.1, 0.15) is 50.2 Å². The van der Waals surface area contributed by atoms with Crippen LogP contribution in [-0.4, -0.2) is 11.3 Å². The van der Waals surface area contributed by atoms with E-state index in [0.29, 0.717) is 24.1 Å². The molecule has 0 saturated heterocycles. The van der Waals surface area contributed by atoms with Crippen molar-refractivity contribution < 1.29 is 9.18 Å². The number of carbonyl (C=O) groups excluding carboxylic acids is 1. The van der Waals surface area contributed by atoms with Gasteiger partial charge in [-0.1, -0.05) is 27.4 Å². The second-order valence-corrected chi connectivity index (χ2v) is 3.74. The Labute approximate surface area is 115 Å². The first kappa shape index (κ1) is 17.2. The molecule has 1 aromatic heterocycles. The van der Waals surface area contributed by atoms with Gasteiger partial charge in [0.25, 0.3) is 0 Å². The van der Waals surface area contributed by atoms with Gasteiger partial charge in [0.2, 0.25) is 0 Å². The van der Waals surface area contributed by atoms with Crippen molar-refractivity contribution in [3.63, 3.8) is 0 Å². The molecule has 0 atom stereocenters. The molecule has 104 valence electrons. The molecule has 2 nitrogen and oxygen atoms in total. The maximum absolute atomic E-state index is 13.0. The van der Waals surface area contributed by atoms with E-state index in [-0.39, 0.29) is 13.3 Å². The normalized spacial score (nSPS) is 13.2. The summed E-state index contributed by atoms with van der Waals surface area (Å²) >= 11 is 0. The molecule has 0 radical (unpaired) electrons. The number of allylic oxidation sites excluding steroid dienone is 4. The molecule has 1 aliphatic carbocycles. The molecule has 19 heavy (non-hydrogen) atoms. The van der Waals surface area contributed by atoms with Crippen LogP contribution in [0, 0.1) is 0 Å². The van der Waals surface area contributed by atoms with Crippen LogP contribution in [-0.2, 0) is 6.42 Å². The van der Waals surface area contributed by atoms with Crippen molar-refractivity contribution in [2.45, 2.75) is 40.5 Å². The summed E-state index contributed by atoms with van der Waals surface area (Å²) in [6, 6.07) is 3.44. The number of carbonyl (C=O) groups is 1. The minimum atomic E-state index is -0.0962. The summed E-state index contributed by atoms with van der Waals surface area (Å²) in [7, 11) is 0. The topological polar surface area (TPSA) is 30.0 Å². The second-order valence-electron chi connectivity index (χ2n) is 3.74. The molecule has 0 N–H and O–H groups in total. The van der Waals surface area contributed by atoms with Crippen molar-refractivity contribution >= 4 is 6.29 Å². The van der Waals surface area contributed by atoms with Crippen molar-refractivity contribution in [1.29, 1.82) is 0 Å². The molecule has 1 aromatic rings. The summed E-state index contributed by atoms with van der Waals surface area (Å²) in [4.78, 5) is 14.9. The van der Waals surface area contributed by atoms with Gasteiger partial charge in [-0.25, -0.2) is 4.39 Å². The van der Waals surface area contributed by atoms with Crippen LogP contribution in [0.3, 0.4) is 0 Å². The first-order chi connectivity index (χ1) is 8.79. The third-order valence-corrected chi connectivity index (χ3v) is 2.56. The van der Waals surface area contributed by atoms with Crippen LogP contribution in [0.4, 0.5) is 4.39 Å². The number of nitrogens with zero attached hydrogens (tertiary/aromatic N) is 1. The minimum absolute atomic E-state index is 0. The molecule has 0 unspecified atom stereocenters. The highest BCUT2D eigenvalue weighted by Crippen LogP contribution is 2.21. The van der Waals surface area contributed by atoms with Gasteiger partial charge in [0.15, 0.2) is 6.29 Å². The molecule has 1 heterocycles. The number of rotatable bonds is 3. The number of hydrogen-bond acceptors (Lipinski definition) is 2. The summed E-state index contributed by atoms with van der Waals surface area (Å²) < 4.78 is 13.0. The highest BCUT2D eigenvalue weighted by Gasteiger charge is 2.08. The Morgan fingerprint density at radius 1 is 1.42 bits per heavy atom. The van der Waals surface area contributed by atoms with E-state index in [1.54, 1.807) is 18.3 Å². The van der Waals surface area contributed by atoms with Gasteiger partial charge >= 0.3 is 0 Å². The summed E-state index contributed by atoms with van der Waals surface area (Å²) in [5.74, 6) is -0.0962. The van der Waals surface area contributed by atoms with E-state index >= 15 is 0 Å². The molecule has 2 rings (SSSR count). The molecule has 0 bridgehead atoms. The third kappa shape index (κ3) is 5.16. The predicted octanol–water partition coefficient (Wildman–Crippen LogP) is 4.67. The Morgan fingerprint density at radius 2 is 2.16 bits per heavy atom. The van der Waals surface area contributed by atoms with Gasteiger partial charge in [-0.3, -0.25) is 9.78 Å². The van der Waals surface area contributed by atoms with E-state index < -0.39 is 0 Å². The Bertz CT molecular complexity index is 464. The fraction of sp³-hybridized carbons (Fsp3) is 0.375. The standard InChI is InChI=1S/C13H12FNO.C2H6.CH4/c14-12-5-1-3-10(7-12)8-13-11(9-16)4-2-6-15-13;1-2;/h2-4,6-7,9H,1,5,8H2;1-2H3;1H4. The maximum atomic E-state index is 13.0. The molecule has 0 spiro atoms. The average Bonchev–Trinajstić information content (AvgIpc) is 2.42. The van der Waals surface area contributed by atoms with Crippen molar-refractivity contribution in [1.82, 2.24) is 4.98 Å². The van der Waals surface area contributed by atoms with E-state index in [4.69, 9.17) is 0 Å². The molecule has 0 aromatic carbocycles. The second kappa shape index (κ2) is 9.20. The summed E-state index contributed by atoms with van der Waals surface area (Å²) in [5.41, 5.74) is 2.17. The Hall–Kier alpha value is -1.77. The van der Waals surface area contributed by atoms with Crippen LogP contribution in [0.2, 0.25) is 0 Å². The van der Waals surface area contributed by atoms with Gasteiger partial charge in [0.05, 0.1) is 5.69 Å². The number of aromatic nitrogens is 1. The van der Waals surface area contributed by atoms with E-state index in [1.165, 1.54) is 6.08 Å². The van der Waals surface area contributed by atoms with Crippen LogP contribution >= 0.6 is 0 Å². The first-order valence-corrected chi connectivity index (χ1v) is 6.24. The molecule has 0 fully saturated rings. The van der Waals surface area contributed by atoms with Gasteiger partial charge < -0.3 is 0 Å². The van der Waals surface area contributed by atoms with Crippen molar-refractivity contribution in [3.8, 4) is 0 Å². The maximum Gasteiger partial charge on any atom is 0.151 e. The summed E-state index contributed by atoms with van der Waals surface area (Å²) in [6.45, 7) is 4.00. The Kier molecular flexibility index (Phi) is 8.34. The molecular weight excluding hydrogens is 241 g/mol. The van der Waals surface area contributed by atoms with Gasteiger partial charge in [0, 0.05) is 24.6 Å². The number of halogens is 1. The monoisotopic (exact) mass is 263 g/mol. The number of pyridine rings is 1. The smallest absolute Gasteiger partial charge is 0.151 e. The molecule has 0 saturated carbocycles. The van der Waals surface area contributed by atoms with Gasteiger partial charge in [-0.05, 0) is 30.2 Å². The van der Waals surface area contributed by atoms with Crippen LogP contribution in [0.15, 0.2) is 41.9 Å². The van der Waals surface area contributed by atoms with Gasteiger partial charge in [-0.15, -0.1) is 0 Å². The molecule has 3 heteroatoms. The van der Waals surface area contributed by atoms with E-state index in [2.05, 4.69) is 4.98 Å². The van der Waals surface area contributed by atoms with E-state index in [9.17, 15) is 9.18 Å². The third-order valence-electron chi connectivity index (χ3n) is 2.56. The van der Waals surface area contributed by atoms with Crippen molar-refractivity contribution in [2.24, 2.45) is 0 Å². The lowest BCUT2D eigenvalue weighted by Gasteiger charge is -2.09. The highest BCUT2D eigenvalue weighted by molar-refractivity contribution is 5.76. The lowest BCUT2D eigenvalue weighted by molar-refractivity contribution is 0.112. The summed E-state index contributed by atoms with van der Waals surface area (Å²) in [6.07, 6.45) is 7.67. The van der Waals surface area contributed by atoms with Gasteiger partial charge in [0.1, 0.15) is 5.83 Å². The lowest BCUT2D eigenvalue weighted by atomic mass is 10.00.